The zero-order valence-corrected chi connectivity index (χ0v) is 25.9. The molecule has 44 heavy (non-hydrogen) atoms. The summed E-state index contributed by atoms with van der Waals surface area (Å²) in [4.78, 5) is 50.8. The minimum atomic E-state index is -1.40. The van der Waals surface area contributed by atoms with Crippen molar-refractivity contribution >= 4 is 29.1 Å². The van der Waals surface area contributed by atoms with E-state index >= 15 is 0 Å². The van der Waals surface area contributed by atoms with Crippen molar-refractivity contribution in [1.29, 1.82) is 0 Å². The van der Waals surface area contributed by atoms with E-state index < -0.39 is 35.1 Å². The van der Waals surface area contributed by atoms with Crippen molar-refractivity contribution in [3.05, 3.63) is 84.5 Å². The Bertz CT molecular complexity index is 1470. The van der Waals surface area contributed by atoms with Crippen LogP contribution in [0.4, 0.5) is 11.4 Å². The average molecular weight is 599 g/mol. The highest BCUT2D eigenvalue weighted by molar-refractivity contribution is 6.06. The summed E-state index contributed by atoms with van der Waals surface area (Å²) in [7, 11) is 1.73. The Kier molecular flexibility index (Phi) is 7.88. The molecule has 4 aliphatic heterocycles. The number of aliphatic hydroxyl groups excluding tert-OH is 1. The molecule has 0 aliphatic carbocycles. The van der Waals surface area contributed by atoms with Crippen molar-refractivity contribution in [3.8, 4) is 0 Å². The Morgan fingerprint density at radius 3 is 2.20 bits per heavy atom. The lowest BCUT2D eigenvalue weighted by Crippen LogP contribution is -2.57. The van der Waals surface area contributed by atoms with Crippen molar-refractivity contribution in [2.24, 2.45) is 11.8 Å². The number of carbonyl (C=O) groups excluding carboxylic acids is 3. The fourth-order valence-corrected chi connectivity index (χ4v) is 7.85. The van der Waals surface area contributed by atoms with Crippen LogP contribution in [-0.4, -0.2) is 89.7 Å². The third kappa shape index (κ3) is 4.39. The molecule has 4 heterocycles. The third-order valence-corrected chi connectivity index (χ3v) is 10.1. The van der Waals surface area contributed by atoms with Gasteiger partial charge in [-0.3, -0.25) is 14.4 Å². The Labute approximate surface area is 259 Å². The number of nitrogens with zero attached hydrogens (tertiary/aromatic N) is 4. The van der Waals surface area contributed by atoms with Crippen LogP contribution in [0, 0.1) is 11.8 Å². The number of fused-ring (bicyclic) bond motifs is 2. The molecule has 0 saturated carbocycles. The van der Waals surface area contributed by atoms with Gasteiger partial charge in [-0.05, 0) is 50.1 Å². The van der Waals surface area contributed by atoms with Gasteiger partial charge in [0.05, 0.1) is 30.1 Å². The van der Waals surface area contributed by atoms with Crippen LogP contribution in [0.5, 0.6) is 0 Å². The van der Waals surface area contributed by atoms with E-state index in [1.165, 1.54) is 4.90 Å². The monoisotopic (exact) mass is 598 g/mol. The van der Waals surface area contributed by atoms with Gasteiger partial charge >= 0.3 is 0 Å². The van der Waals surface area contributed by atoms with Crippen LogP contribution in [-0.2, 0) is 19.1 Å². The van der Waals surface area contributed by atoms with Crippen molar-refractivity contribution < 1.29 is 24.2 Å². The summed E-state index contributed by atoms with van der Waals surface area (Å²) in [5.41, 5.74) is 0.0378. The summed E-state index contributed by atoms with van der Waals surface area (Å²) in [5, 5.41) is 10.8. The van der Waals surface area contributed by atoms with E-state index in [0.29, 0.717) is 24.2 Å². The van der Waals surface area contributed by atoms with Gasteiger partial charge in [0.25, 0.3) is 5.91 Å². The molecular formula is C35H42N4O5. The summed E-state index contributed by atoms with van der Waals surface area (Å²) in [6.07, 6.45) is 8.06. The van der Waals surface area contributed by atoms with E-state index in [4.69, 9.17) is 4.74 Å². The first-order valence-electron chi connectivity index (χ1n) is 15.7. The van der Waals surface area contributed by atoms with Crippen LogP contribution in [0.25, 0.3) is 0 Å². The molecule has 232 valence electrons. The van der Waals surface area contributed by atoms with Crippen LogP contribution in [0.3, 0.4) is 0 Å². The number of likely N-dealkylation sites (tertiary alicyclic amines) is 1. The third-order valence-electron chi connectivity index (χ3n) is 10.1. The molecule has 1 unspecified atom stereocenters. The number of amides is 3. The first-order chi connectivity index (χ1) is 21.3. The molecule has 9 nitrogen and oxygen atoms in total. The molecule has 2 fully saturated rings. The second-order valence-electron chi connectivity index (χ2n) is 12.1. The molecule has 0 bridgehead atoms. The van der Waals surface area contributed by atoms with Crippen LogP contribution in [0.2, 0.25) is 0 Å². The number of ether oxygens (including phenoxy) is 1. The molecule has 9 heteroatoms. The van der Waals surface area contributed by atoms with Gasteiger partial charge in [0.1, 0.15) is 11.6 Å². The van der Waals surface area contributed by atoms with Crippen molar-refractivity contribution in [2.45, 2.75) is 50.5 Å². The highest BCUT2D eigenvalue weighted by Crippen LogP contribution is 2.59. The van der Waals surface area contributed by atoms with E-state index in [2.05, 4.69) is 18.7 Å². The molecule has 1 N–H and O–H groups in total. The highest BCUT2D eigenvalue weighted by Gasteiger charge is 2.76. The van der Waals surface area contributed by atoms with Gasteiger partial charge < -0.3 is 29.4 Å². The van der Waals surface area contributed by atoms with Crippen LogP contribution in [0.15, 0.2) is 78.9 Å². The number of benzene rings is 2. The number of hydrogen-bond donors (Lipinski definition) is 1. The van der Waals surface area contributed by atoms with Gasteiger partial charge in [-0.2, -0.15) is 0 Å². The molecule has 2 aromatic carbocycles. The molecule has 4 aliphatic rings. The van der Waals surface area contributed by atoms with Gasteiger partial charge in [-0.1, -0.05) is 61.6 Å². The molecule has 1 spiro atoms. The molecular weight excluding hydrogens is 556 g/mol. The van der Waals surface area contributed by atoms with Crippen molar-refractivity contribution in [2.75, 3.05) is 49.6 Å². The maximum atomic E-state index is 14.9. The van der Waals surface area contributed by atoms with E-state index in [0.717, 1.165) is 18.8 Å². The molecule has 0 radical (unpaired) electrons. The number of carbonyl (C=O) groups is 3. The SMILES string of the molecule is CCN(CC)c1ccc(N2CC=C[C@]34O[C@@]5(CC)C=CCN(C)C(=O)[C@H]5[C@H]3C(=O)N([C@H](CO)c3ccccc3)C4C2=O)cc1. The largest absolute Gasteiger partial charge is 0.394 e. The van der Waals surface area contributed by atoms with Crippen molar-refractivity contribution in [1.82, 2.24) is 9.80 Å². The summed E-state index contributed by atoms with van der Waals surface area (Å²) < 4.78 is 7.04. The van der Waals surface area contributed by atoms with Gasteiger partial charge in [-0.25, -0.2) is 0 Å². The predicted octanol–water partition coefficient (Wildman–Crippen LogP) is 3.56. The minimum Gasteiger partial charge on any atom is -0.394 e. The number of rotatable bonds is 8. The molecule has 0 aromatic heterocycles. The summed E-state index contributed by atoms with van der Waals surface area (Å²) in [6, 6.07) is 15.3. The molecule has 6 rings (SSSR count). The Morgan fingerprint density at radius 2 is 1.57 bits per heavy atom. The minimum absolute atomic E-state index is 0.179. The number of likely N-dealkylation sites (N-methyl/N-ethyl adjacent to an activating group) is 1. The van der Waals surface area contributed by atoms with Gasteiger partial charge in [0, 0.05) is 44.6 Å². The predicted molar refractivity (Wildman–Crippen MR) is 169 cm³/mol. The van der Waals surface area contributed by atoms with Crippen molar-refractivity contribution in [3.63, 3.8) is 0 Å². The number of hydrogen-bond acceptors (Lipinski definition) is 6. The normalized spacial score (nSPS) is 30.2. The fourth-order valence-electron chi connectivity index (χ4n) is 7.85. The van der Waals surface area contributed by atoms with Crippen LogP contribution >= 0.6 is 0 Å². The van der Waals surface area contributed by atoms with Gasteiger partial charge in [0.15, 0.2) is 0 Å². The van der Waals surface area contributed by atoms with Crippen LogP contribution < -0.4 is 9.80 Å². The molecule has 3 amide bonds. The Morgan fingerprint density at radius 1 is 0.886 bits per heavy atom. The number of anilines is 2. The van der Waals surface area contributed by atoms with Gasteiger partial charge in [0.2, 0.25) is 11.8 Å². The van der Waals surface area contributed by atoms with E-state index in [9.17, 15) is 19.5 Å². The lowest BCUT2D eigenvalue weighted by Gasteiger charge is -2.41. The average Bonchev–Trinajstić information content (AvgIpc) is 3.34. The fraction of sp³-hybridized carbons (Fsp3) is 0.457. The Balaban J connectivity index is 1.50. The number of aliphatic hydroxyl groups is 1. The lowest BCUT2D eigenvalue weighted by atomic mass is 9.73. The maximum absolute atomic E-state index is 14.9. The second-order valence-corrected chi connectivity index (χ2v) is 12.1. The van der Waals surface area contributed by atoms with E-state index in [1.54, 1.807) is 16.8 Å². The molecule has 2 aromatic rings. The topological polar surface area (TPSA) is 93.6 Å². The van der Waals surface area contributed by atoms with E-state index in [1.807, 2.05) is 85.8 Å². The smallest absolute Gasteiger partial charge is 0.253 e. The summed E-state index contributed by atoms with van der Waals surface area (Å²) in [6.45, 7) is 8.21. The van der Waals surface area contributed by atoms with Crippen LogP contribution in [0.1, 0.15) is 38.8 Å². The Hall–Kier alpha value is -3.95. The van der Waals surface area contributed by atoms with E-state index in [-0.39, 0.29) is 30.9 Å². The molecule has 6 atom stereocenters. The zero-order chi connectivity index (χ0) is 31.2. The second kappa shape index (κ2) is 11.5. The molecule has 2 saturated heterocycles. The quantitative estimate of drug-likeness (QED) is 0.468. The van der Waals surface area contributed by atoms with Gasteiger partial charge in [-0.15, -0.1) is 0 Å². The lowest BCUT2D eigenvalue weighted by molar-refractivity contribution is -0.152. The highest BCUT2D eigenvalue weighted by atomic mass is 16.5. The first-order valence-corrected chi connectivity index (χ1v) is 15.7. The summed E-state index contributed by atoms with van der Waals surface area (Å²) in [5.74, 6) is -2.59. The zero-order valence-electron chi connectivity index (χ0n) is 25.9. The summed E-state index contributed by atoms with van der Waals surface area (Å²) >= 11 is 0. The standard InChI is InChI=1S/C35H42N4O5/c1-5-34-19-11-21-36(4)31(41)28(34)29-32(42)39(27(23-40)24-13-9-8-10-14-24)30-33(43)38(22-12-20-35(29,30)44-34)26-17-15-25(16-18-26)37(6-2)7-3/h8-20,27-30,40H,5-7,21-23H2,1-4H3/t27-,28-,29+,30?,34+,35+/m1/s1. The maximum Gasteiger partial charge on any atom is 0.253 e. The first kappa shape index (κ1) is 30.1.